The average molecular weight is 325 g/mol. The van der Waals surface area contributed by atoms with E-state index in [1.54, 1.807) is 31.2 Å². The molecule has 2 aromatic carbocycles. The van der Waals surface area contributed by atoms with Crippen LogP contribution in [-0.2, 0) is 10.3 Å². The van der Waals surface area contributed by atoms with Gasteiger partial charge in [0.2, 0.25) is 0 Å². The second-order valence-corrected chi connectivity index (χ2v) is 5.53. The summed E-state index contributed by atoms with van der Waals surface area (Å²) >= 11 is 0. The molecule has 0 radical (unpaired) electrons. The number of hydrazone groups is 1. The number of nitrogens with zero attached hydrogens (tertiary/aromatic N) is 2. The van der Waals surface area contributed by atoms with Gasteiger partial charge in [0.05, 0.1) is 6.21 Å². The lowest BCUT2D eigenvalue weighted by atomic mass is 9.92. The lowest BCUT2D eigenvalue weighted by Crippen LogP contribution is -2.40. The van der Waals surface area contributed by atoms with Crippen LogP contribution in [0.15, 0.2) is 53.6 Å². The maximum Gasteiger partial charge on any atom is 0.346 e. The SMILES string of the molecule is C[C@]1(c2ccccc2)NC(=O)N(/N=C/c2ccc(O)c(O)c2)C1=O. The number of imide groups is 1. The Morgan fingerprint density at radius 1 is 1.08 bits per heavy atom. The fourth-order valence-corrected chi connectivity index (χ4v) is 2.44. The Balaban J connectivity index is 1.87. The summed E-state index contributed by atoms with van der Waals surface area (Å²) in [6.45, 7) is 1.62. The van der Waals surface area contributed by atoms with Crippen molar-refractivity contribution in [2.45, 2.75) is 12.5 Å². The van der Waals surface area contributed by atoms with Crippen molar-refractivity contribution in [3.63, 3.8) is 0 Å². The highest BCUT2D eigenvalue weighted by molar-refractivity contribution is 6.07. The third kappa shape index (κ3) is 2.56. The van der Waals surface area contributed by atoms with Crippen LogP contribution in [0.25, 0.3) is 0 Å². The quantitative estimate of drug-likeness (QED) is 0.455. The van der Waals surface area contributed by atoms with E-state index in [0.717, 1.165) is 5.01 Å². The summed E-state index contributed by atoms with van der Waals surface area (Å²) in [5.41, 5.74) is -0.102. The zero-order valence-corrected chi connectivity index (χ0v) is 12.8. The predicted molar refractivity (Wildman–Crippen MR) is 86.5 cm³/mol. The molecule has 3 rings (SSSR count). The van der Waals surface area contributed by atoms with Crippen LogP contribution in [0.3, 0.4) is 0 Å². The maximum atomic E-state index is 12.6. The van der Waals surface area contributed by atoms with Crippen LogP contribution in [0.4, 0.5) is 4.79 Å². The van der Waals surface area contributed by atoms with Crippen LogP contribution < -0.4 is 5.32 Å². The molecule has 1 aliphatic heterocycles. The molecule has 3 N–H and O–H groups in total. The highest BCUT2D eigenvalue weighted by Gasteiger charge is 2.49. The third-order valence-electron chi connectivity index (χ3n) is 3.84. The minimum Gasteiger partial charge on any atom is -0.504 e. The van der Waals surface area contributed by atoms with Gasteiger partial charge >= 0.3 is 6.03 Å². The van der Waals surface area contributed by atoms with E-state index in [1.165, 1.54) is 24.4 Å². The first-order valence-electron chi connectivity index (χ1n) is 7.20. The van der Waals surface area contributed by atoms with Gasteiger partial charge in [-0.1, -0.05) is 30.3 Å². The summed E-state index contributed by atoms with van der Waals surface area (Å²) in [4.78, 5) is 24.7. The van der Waals surface area contributed by atoms with E-state index in [9.17, 15) is 19.8 Å². The van der Waals surface area contributed by atoms with Gasteiger partial charge in [0.25, 0.3) is 5.91 Å². The fraction of sp³-hybridized carbons (Fsp3) is 0.118. The van der Waals surface area contributed by atoms with Crippen molar-refractivity contribution in [1.82, 2.24) is 10.3 Å². The normalized spacial score (nSPS) is 20.6. The molecular weight excluding hydrogens is 310 g/mol. The summed E-state index contributed by atoms with van der Waals surface area (Å²) in [6, 6.07) is 12.3. The molecule has 0 aromatic heterocycles. The Morgan fingerprint density at radius 3 is 2.46 bits per heavy atom. The molecule has 0 bridgehead atoms. The molecular formula is C17H15N3O4. The van der Waals surface area contributed by atoms with E-state index < -0.39 is 17.5 Å². The first-order valence-corrected chi connectivity index (χ1v) is 7.20. The number of phenolic OH excluding ortho intramolecular Hbond substituents is 2. The molecule has 7 nitrogen and oxygen atoms in total. The van der Waals surface area contributed by atoms with Gasteiger partial charge in [-0.25, -0.2) is 4.79 Å². The Morgan fingerprint density at radius 2 is 1.79 bits per heavy atom. The van der Waals surface area contributed by atoms with Gasteiger partial charge in [-0.05, 0) is 36.2 Å². The van der Waals surface area contributed by atoms with Gasteiger partial charge in [0, 0.05) is 0 Å². The van der Waals surface area contributed by atoms with Crippen LogP contribution in [0.1, 0.15) is 18.1 Å². The van der Waals surface area contributed by atoms with E-state index in [-0.39, 0.29) is 11.5 Å². The molecule has 1 aliphatic rings. The van der Waals surface area contributed by atoms with Crippen molar-refractivity contribution in [2.24, 2.45) is 5.10 Å². The number of hydrogen-bond donors (Lipinski definition) is 3. The minimum atomic E-state index is -1.19. The molecule has 2 aromatic rings. The Kier molecular flexibility index (Phi) is 3.69. The number of hydrogen-bond acceptors (Lipinski definition) is 5. The van der Waals surface area contributed by atoms with E-state index >= 15 is 0 Å². The number of benzene rings is 2. The molecule has 7 heteroatoms. The van der Waals surface area contributed by atoms with Crippen molar-refractivity contribution in [3.05, 3.63) is 59.7 Å². The lowest BCUT2D eigenvalue weighted by Gasteiger charge is -2.20. The molecule has 1 saturated heterocycles. The molecule has 1 atom stereocenters. The largest absolute Gasteiger partial charge is 0.504 e. The average Bonchev–Trinajstić information content (AvgIpc) is 2.80. The Hall–Kier alpha value is -3.35. The molecule has 0 aliphatic carbocycles. The number of rotatable bonds is 3. The number of carbonyl (C=O) groups is 2. The van der Waals surface area contributed by atoms with E-state index in [2.05, 4.69) is 10.4 Å². The zero-order valence-electron chi connectivity index (χ0n) is 12.8. The number of amides is 3. The van der Waals surface area contributed by atoms with Crippen molar-refractivity contribution in [3.8, 4) is 11.5 Å². The highest BCUT2D eigenvalue weighted by Crippen LogP contribution is 2.29. The molecule has 1 heterocycles. The maximum absolute atomic E-state index is 12.6. The molecule has 24 heavy (non-hydrogen) atoms. The Labute approximate surface area is 137 Å². The van der Waals surface area contributed by atoms with E-state index in [1.807, 2.05) is 6.07 Å². The minimum absolute atomic E-state index is 0.265. The topological polar surface area (TPSA) is 102 Å². The summed E-state index contributed by atoms with van der Waals surface area (Å²) in [7, 11) is 0. The second-order valence-electron chi connectivity index (χ2n) is 5.53. The molecule has 122 valence electrons. The lowest BCUT2D eigenvalue weighted by molar-refractivity contribution is -0.131. The molecule has 0 spiro atoms. The van der Waals surface area contributed by atoms with Crippen LogP contribution in [0.2, 0.25) is 0 Å². The smallest absolute Gasteiger partial charge is 0.346 e. The molecule has 1 fully saturated rings. The monoisotopic (exact) mass is 325 g/mol. The first kappa shape index (κ1) is 15.5. The zero-order chi connectivity index (χ0) is 17.3. The van der Waals surface area contributed by atoms with Crippen LogP contribution >= 0.6 is 0 Å². The molecule has 0 unspecified atom stereocenters. The summed E-state index contributed by atoms with van der Waals surface area (Å²) in [6.07, 6.45) is 1.26. The van der Waals surface area contributed by atoms with Gasteiger partial charge in [-0.2, -0.15) is 5.10 Å². The highest BCUT2D eigenvalue weighted by atomic mass is 16.3. The number of phenols is 2. The first-order chi connectivity index (χ1) is 11.4. The molecule has 0 saturated carbocycles. The number of nitrogens with one attached hydrogen (secondary N) is 1. The van der Waals surface area contributed by atoms with Crippen molar-refractivity contribution >= 4 is 18.2 Å². The summed E-state index contributed by atoms with van der Waals surface area (Å²) in [5, 5.41) is 26.0. The third-order valence-corrected chi connectivity index (χ3v) is 3.84. The Bertz CT molecular complexity index is 835. The van der Waals surface area contributed by atoms with Crippen molar-refractivity contribution < 1.29 is 19.8 Å². The van der Waals surface area contributed by atoms with Gasteiger partial charge in [0.1, 0.15) is 5.54 Å². The standard InChI is InChI=1S/C17H15N3O4/c1-17(12-5-3-2-4-6-12)15(23)20(16(24)19-17)18-10-11-7-8-13(21)14(22)9-11/h2-10,21-22H,1H3,(H,19,24)/b18-10+/t17-/m1/s1. The summed E-state index contributed by atoms with van der Waals surface area (Å²) in [5.74, 6) is -1.08. The number of carbonyl (C=O) groups excluding carboxylic acids is 2. The van der Waals surface area contributed by atoms with E-state index in [0.29, 0.717) is 11.1 Å². The van der Waals surface area contributed by atoms with Crippen molar-refractivity contribution in [1.29, 1.82) is 0 Å². The van der Waals surface area contributed by atoms with Crippen LogP contribution in [0.5, 0.6) is 11.5 Å². The van der Waals surface area contributed by atoms with Gasteiger partial charge in [-0.3, -0.25) is 4.79 Å². The molecule has 3 amide bonds. The van der Waals surface area contributed by atoms with Gasteiger partial charge in [0.15, 0.2) is 11.5 Å². The van der Waals surface area contributed by atoms with Crippen molar-refractivity contribution in [2.75, 3.05) is 0 Å². The predicted octanol–water partition coefficient (Wildman–Crippen LogP) is 1.90. The van der Waals surface area contributed by atoms with Crippen LogP contribution in [0, 0.1) is 0 Å². The fourth-order valence-electron chi connectivity index (χ4n) is 2.44. The van der Waals surface area contributed by atoms with Gasteiger partial charge < -0.3 is 15.5 Å². The number of aromatic hydroxyl groups is 2. The second kappa shape index (κ2) is 5.69. The summed E-state index contributed by atoms with van der Waals surface area (Å²) < 4.78 is 0. The van der Waals surface area contributed by atoms with Gasteiger partial charge in [-0.15, -0.1) is 5.01 Å². The van der Waals surface area contributed by atoms with E-state index in [4.69, 9.17) is 0 Å². The van der Waals surface area contributed by atoms with Crippen LogP contribution in [-0.4, -0.2) is 33.4 Å². The number of urea groups is 1.